The number of para-hydroxylation sites is 1. The SMILES string of the molecule is CO[C@H]1CCN([C@H]2COc3ccccc3[C@@H]2Nc2cccc3[nH]c(C(F)(F)F)cc23)C1. The van der Waals surface area contributed by atoms with E-state index in [0.29, 0.717) is 23.2 Å². The standard InChI is InChI=1S/C23H24F3N3O2/c1-30-14-9-10-29(12-14)19-13-31-20-8-3-2-5-15(20)22(19)28-18-7-4-6-17-16(18)11-21(27-17)23(24,25)26/h2-8,11,14,19,22,27-28H,9-10,12-13H2,1H3/t14-,19-,22-/m0/s1. The largest absolute Gasteiger partial charge is 0.491 e. The fraction of sp³-hybridized carbons (Fsp3) is 0.391. The predicted molar refractivity (Wildman–Crippen MR) is 112 cm³/mol. The van der Waals surface area contributed by atoms with Crippen LogP contribution in [0, 0.1) is 0 Å². The summed E-state index contributed by atoms with van der Waals surface area (Å²) in [6.45, 7) is 2.19. The number of H-pyrrole nitrogens is 1. The first-order valence-electron chi connectivity index (χ1n) is 10.4. The monoisotopic (exact) mass is 431 g/mol. The molecular formula is C23H24F3N3O2. The van der Waals surface area contributed by atoms with Crippen molar-refractivity contribution in [2.75, 3.05) is 32.1 Å². The Balaban J connectivity index is 1.52. The third-order valence-electron chi connectivity index (χ3n) is 6.31. The summed E-state index contributed by atoms with van der Waals surface area (Å²) in [6.07, 6.45) is -3.29. The van der Waals surface area contributed by atoms with Gasteiger partial charge in [-0.25, -0.2) is 0 Å². The van der Waals surface area contributed by atoms with Crippen LogP contribution >= 0.6 is 0 Å². The highest BCUT2D eigenvalue weighted by atomic mass is 19.4. The highest BCUT2D eigenvalue weighted by Crippen LogP contribution is 2.40. The van der Waals surface area contributed by atoms with E-state index >= 15 is 0 Å². The van der Waals surface area contributed by atoms with Crippen LogP contribution in [0.5, 0.6) is 5.75 Å². The van der Waals surface area contributed by atoms with Crippen LogP contribution in [0.4, 0.5) is 18.9 Å². The zero-order valence-electron chi connectivity index (χ0n) is 17.1. The Kier molecular flexibility index (Phi) is 5.06. The molecule has 3 heterocycles. The van der Waals surface area contributed by atoms with Crippen LogP contribution in [0.25, 0.3) is 10.9 Å². The molecule has 1 saturated heterocycles. The van der Waals surface area contributed by atoms with E-state index in [1.54, 1.807) is 19.2 Å². The van der Waals surface area contributed by atoms with Gasteiger partial charge in [-0.15, -0.1) is 0 Å². The number of halogens is 3. The second-order valence-corrected chi connectivity index (χ2v) is 8.13. The Bertz CT molecular complexity index is 1080. The molecule has 1 fully saturated rings. The van der Waals surface area contributed by atoms with Crippen LogP contribution in [0.3, 0.4) is 0 Å². The third kappa shape index (κ3) is 3.74. The fourth-order valence-corrected chi connectivity index (χ4v) is 4.69. The molecule has 31 heavy (non-hydrogen) atoms. The Morgan fingerprint density at radius 3 is 2.77 bits per heavy atom. The number of benzene rings is 2. The highest BCUT2D eigenvalue weighted by Gasteiger charge is 2.39. The van der Waals surface area contributed by atoms with E-state index in [9.17, 15) is 13.2 Å². The minimum atomic E-state index is -4.42. The summed E-state index contributed by atoms with van der Waals surface area (Å²) in [5.41, 5.74) is 1.37. The minimum Gasteiger partial charge on any atom is -0.491 e. The first-order valence-corrected chi connectivity index (χ1v) is 10.4. The van der Waals surface area contributed by atoms with Crippen LogP contribution in [0.15, 0.2) is 48.5 Å². The van der Waals surface area contributed by atoms with Gasteiger partial charge in [0.2, 0.25) is 0 Å². The molecule has 0 unspecified atom stereocenters. The predicted octanol–water partition coefficient (Wildman–Crippen LogP) is 4.82. The zero-order chi connectivity index (χ0) is 21.6. The molecule has 0 saturated carbocycles. The molecule has 0 amide bonds. The van der Waals surface area contributed by atoms with E-state index in [1.807, 2.05) is 30.3 Å². The lowest BCUT2D eigenvalue weighted by Crippen LogP contribution is -2.47. The summed E-state index contributed by atoms with van der Waals surface area (Å²) >= 11 is 0. The van der Waals surface area contributed by atoms with Gasteiger partial charge in [0, 0.05) is 42.4 Å². The van der Waals surface area contributed by atoms with Crippen LogP contribution in [0.1, 0.15) is 23.7 Å². The Morgan fingerprint density at radius 1 is 1.16 bits per heavy atom. The number of aromatic amines is 1. The normalized spacial score (nSPS) is 24.2. The second kappa shape index (κ2) is 7.76. The number of anilines is 1. The quantitative estimate of drug-likeness (QED) is 0.622. The number of alkyl halides is 3. The average Bonchev–Trinajstić information content (AvgIpc) is 3.41. The maximum Gasteiger partial charge on any atom is 0.431 e. The summed E-state index contributed by atoms with van der Waals surface area (Å²) in [4.78, 5) is 4.84. The number of hydrogen-bond acceptors (Lipinski definition) is 4. The molecule has 3 atom stereocenters. The van der Waals surface area contributed by atoms with Crippen LogP contribution < -0.4 is 10.1 Å². The fourth-order valence-electron chi connectivity index (χ4n) is 4.69. The molecule has 2 aliphatic heterocycles. The average molecular weight is 431 g/mol. The van der Waals surface area contributed by atoms with Gasteiger partial charge in [-0.05, 0) is 30.7 Å². The summed E-state index contributed by atoms with van der Waals surface area (Å²) in [7, 11) is 1.72. The molecule has 2 N–H and O–H groups in total. The van der Waals surface area contributed by atoms with E-state index in [0.717, 1.165) is 30.8 Å². The number of aromatic nitrogens is 1. The van der Waals surface area contributed by atoms with Crippen molar-refractivity contribution in [3.05, 3.63) is 59.8 Å². The molecule has 2 aromatic carbocycles. The van der Waals surface area contributed by atoms with E-state index in [2.05, 4.69) is 15.2 Å². The molecule has 164 valence electrons. The van der Waals surface area contributed by atoms with E-state index in [-0.39, 0.29) is 18.2 Å². The molecule has 1 aromatic heterocycles. The molecular weight excluding hydrogens is 407 g/mol. The summed E-state index contributed by atoms with van der Waals surface area (Å²) < 4.78 is 51.4. The van der Waals surface area contributed by atoms with Crippen molar-refractivity contribution in [2.24, 2.45) is 0 Å². The lowest BCUT2D eigenvalue weighted by Gasteiger charge is -2.39. The summed E-state index contributed by atoms with van der Waals surface area (Å²) in [6, 6.07) is 14.2. The van der Waals surface area contributed by atoms with Gasteiger partial charge in [0.25, 0.3) is 0 Å². The van der Waals surface area contributed by atoms with Gasteiger partial charge in [0.05, 0.1) is 18.2 Å². The molecule has 0 aliphatic carbocycles. The van der Waals surface area contributed by atoms with Gasteiger partial charge in [-0.1, -0.05) is 24.3 Å². The summed E-state index contributed by atoms with van der Waals surface area (Å²) in [5, 5.41) is 4.08. The molecule has 2 aliphatic rings. The van der Waals surface area contributed by atoms with Crippen molar-refractivity contribution in [1.29, 1.82) is 0 Å². The third-order valence-corrected chi connectivity index (χ3v) is 6.31. The van der Waals surface area contributed by atoms with Crippen molar-refractivity contribution in [1.82, 2.24) is 9.88 Å². The molecule has 5 nitrogen and oxygen atoms in total. The van der Waals surface area contributed by atoms with E-state index < -0.39 is 11.9 Å². The first-order chi connectivity index (χ1) is 14.9. The van der Waals surface area contributed by atoms with Gasteiger partial charge in [0.15, 0.2) is 0 Å². The molecule has 0 spiro atoms. The maximum absolute atomic E-state index is 13.3. The number of nitrogens with one attached hydrogen (secondary N) is 2. The van der Waals surface area contributed by atoms with Crippen molar-refractivity contribution < 1.29 is 22.6 Å². The number of hydrogen-bond donors (Lipinski definition) is 2. The molecule has 5 rings (SSSR count). The molecule has 3 aromatic rings. The smallest absolute Gasteiger partial charge is 0.431 e. The molecule has 0 radical (unpaired) electrons. The number of methoxy groups -OCH3 is 1. The number of nitrogens with zero attached hydrogens (tertiary/aromatic N) is 1. The van der Waals surface area contributed by atoms with Gasteiger partial charge in [-0.3, -0.25) is 4.90 Å². The van der Waals surface area contributed by atoms with Gasteiger partial charge in [0.1, 0.15) is 18.1 Å². The van der Waals surface area contributed by atoms with Crippen LogP contribution in [-0.4, -0.2) is 48.8 Å². The Morgan fingerprint density at radius 2 is 2.00 bits per heavy atom. The van der Waals surface area contributed by atoms with E-state index in [1.165, 1.54) is 6.07 Å². The zero-order valence-corrected chi connectivity index (χ0v) is 17.1. The Hall–Kier alpha value is -2.71. The van der Waals surface area contributed by atoms with Crippen molar-refractivity contribution in [2.45, 2.75) is 30.8 Å². The lowest BCUT2D eigenvalue weighted by molar-refractivity contribution is -0.140. The van der Waals surface area contributed by atoms with Crippen LogP contribution in [-0.2, 0) is 10.9 Å². The number of ether oxygens (including phenoxy) is 2. The molecule has 0 bridgehead atoms. The molecule has 8 heteroatoms. The number of fused-ring (bicyclic) bond motifs is 2. The minimum absolute atomic E-state index is 0.0336. The van der Waals surface area contributed by atoms with Gasteiger partial charge < -0.3 is 19.8 Å². The lowest BCUT2D eigenvalue weighted by atomic mass is 9.94. The first kappa shape index (κ1) is 20.2. The number of rotatable bonds is 4. The highest BCUT2D eigenvalue weighted by molar-refractivity contribution is 5.93. The topological polar surface area (TPSA) is 49.5 Å². The summed E-state index contributed by atoms with van der Waals surface area (Å²) in [5.74, 6) is 0.802. The van der Waals surface area contributed by atoms with Crippen LogP contribution in [0.2, 0.25) is 0 Å². The van der Waals surface area contributed by atoms with Gasteiger partial charge in [-0.2, -0.15) is 13.2 Å². The second-order valence-electron chi connectivity index (χ2n) is 8.13. The maximum atomic E-state index is 13.3. The Labute approximate surface area is 178 Å². The van der Waals surface area contributed by atoms with Crippen molar-refractivity contribution in [3.8, 4) is 5.75 Å². The van der Waals surface area contributed by atoms with Gasteiger partial charge >= 0.3 is 6.18 Å². The number of likely N-dealkylation sites (tertiary alicyclic amines) is 1. The van der Waals surface area contributed by atoms with Crippen molar-refractivity contribution in [3.63, 3.8) is 0 Å². The van der Waals surface area contributed by atoms with E-state index in [4.69, 9.17) is 9.47 Å². The van der Waals surface area contributed by atoms with Crippen molar-refractivity contribution >= 4 is 16.6 Å².